The summed E-state index contributed by atoms with van der Waals surface area (Å²) >= 11 is 6.04. The first-order valence-corrected chi connectivity index (χ1v) is 12.7. The minimum atomic E-state index is 0. The van der Waals surface area contributed by atoms with Gasteiger partial charge in [-0.3, -0.25) is 0 Å². The summed E-state index contributed by atoms with van der Waals surface area (Å²) in [5, 5.41) is 0. The van der Waals surface area contributed by atoms with Crippen molar-refractivity contribution in [3.8, 4) is 0 Å². The van der Waals surface area contributed by atoms with Gasteiger partial charge in [0.2, 0.25) is 0 Å². The van der Waals surface area contributed by atoms with Crippen molar-refractivity contribution >= 4 is 78.0 Å². The molecule has 0 amide bonds. The molecule has 0 nitrogen and oxygen atoms in total. The Hall–Kier alpha value is 2.71. The maximum atomic E-state index is 3.82. The van der Waals surface area contributed by atoms with Gasteiger partial charge in [0.25, 0.3) is 0 Å². The van der Waals surface area contributed by atoms with Gasteiger partial charge < -0.3 is 26.8 Å². The molecule has 0 saturated carbocycles. The van der Waals surface area contributed by atoms with E-state index in [1.165, 1.54) is 103 Å². The molecular weight excluding hydrogens is 565 g/mol. The molecule has 0 unspecified atom stereocenters. The van der Waals surface area contributed by atoms with Crippen molar-refractivity contribution in [3.05, 3.63) is 16.9 Å². The number of hydrogen-bond donors (Lipinski definition) is 0. The van der Waals surface area contributed by atoms with Crippen LogP contribution in [0.4, 0.5) is 0 Å². The standard InChI is InChI=1S/C11H24.C10H21.C2H2Br2.BrH.2Mg.2H/c1-3-5-7-9-11-10-8-6-4-2;1-3-5-7-9-10-8-6-4-2;3-1-2-4;;;;;/h3-11H2,1-2H3;1,3-10H2,2H3;1-2H;1H;;;;/q;-1;;;2*+2;2*-1/p-1/b;;2-1+;;;;;. The molecule has 0 spiro atoms. The first kappa shape index (κ1) is 44.4. The van der Waals surface area contributed by atoms with Crippen molar-refractivity contribution in [3.63, 3.8) is 0 Å². The molecule has 0 aliphatic heterocycles. The maximum absolute atomic E-state index is 3.82. The van der Waals surface area contributed by atoms with Crippen LogP contribution in [-0.2, 0) is 0 Å². The molecule has 0 radical (unpaired) electrons. The van der Waals surface area contributed by atoms with Gasteiger partial charge in [0.15, 0.2) is 0 Å². The molecule has 0 bridgehead atoms. The third-order valence-corrected chi connectivity index (χ3v) is 5.35. The van der Waals surface area contributed by atoms with Gasteiger partial charge in [-0.1, -0.05) is 155 Å². The van der Waals surface area contributed by atoms with Crippen molar-refractivity contribution in [1.29, 1.82) is 0 Å². The molecule has 166 valence electrons. The Balaban J connectivity index is -0.0000000400. The van der Waals surface area contributed by atoms with Crippen molar-refractivity contribution in [2.45, 2.75) is 130 Å². The van der Waals surface area contributed by atoms with E-state index in [1.807, 2.05) is 0 Å². The van der Waals surface area contributed by atoms with E-state index in [2.05, 4.69) is 59.6 Å². The molecule has 0 saturated heterocycles. The molecule has 0 aliphatic carbocycles. The minimum absolute atomic E-state index is 0. The van der Waals surface area contributed by atoms with Crippen LogP contribution in [0.3, 0.4) is 0 Å². The Labute approximate surface area is 242 Å². The van der Waals surface area contributed by atoms with Gasteiger partial charge >= 0.3 is 46.1 Å². The summed E-state index contributed by atoms with van der Waals surface area (Å²) in [6.45, 7) is 10.6. The number of hydrogen-bond acceptors (Lipinski definition) is 0. The Kier molecular flexibility index (Phi) is 82.4. The van der Waals surface area contributed by atoms with E-state index >= 15 is 0 Å². The summed E-state index contributed by atoms with van der Waals surface area (Å²) in [6, 6.07) is 0. The molecule has 0 aromatic rings. The molecule has 0 atom stereocenters. The van der Waals surface area contributed by atoms with Crippen LogP contribution in [-0.4, -0.2) is 46.1 Å². The quantitative estimate of drug-likeness (QED) is 0.104. The SMILES string of the molecule is Br/C=C/Br.CCCCCCCCCCC.[Br-].[CH2-]CCCCCCCCC.[H-].[H-].[Mg+2].[Mg+2]. The van der Waals surface area contributed by atoms with Crippen molar-refractivity contribution in [2.24, 2.45) is 0 Å². The topological polar surface area (TPSA) is 0 Å². The van der Waals surface area contributed by atoms with Crippen molar-refractivity contribution in [2.75, 3.05) is 0 Å². The van der Waals surface area contributed by atoms with E-state index in [1.54, 1.807) is 9.97 Å². The van der Waals surface area contributed by atoms with Gasteiger partial charge in [-0.05, 0) is 9.97 Å². The van der Waals surface area contributed by atoms with Crippen LogP contribution >= 0.6 is 31.9 Å². The molecule has 0 N–H and O–H groups in total. The summed E-state index contributed by atoms with van der Waals surface area (Å²) in [4.78, 5) is 3.46. The van der Waals surface area contributed by atoms with E-state index in [0.717, 1.165) is 6.42 Å². The van der Waals surface area contributed by atoms with Crippen LogP contribution in [0.1, 0.15) is 133 Å². The smallest absolute Gasteiger partial charge is 1.00 e. The molecular formula is C23H49Br3Mg2. The van der Waals surface area contributed by atoms with E-state index < -0.39 is 0 Å². The van der Waals surface area contributed by atoms with Crippen molar-refractivity contribution in [1.82, 2.24) is 0 Å². The second-order valence-electron chi connectivity index (χ2n) is 6.70. The zero-order valence-corrected chi connectivity index (χ0v) is 27.0. The van der Waals surface area contributed by atoms with Crippen LogP contribution in [0.25, 0.3) is 0 Å². The normalized spacial score (nSPS) is 9.07. The zero-order valence-electron chi connectivity index (χ0n) is 21.4. The summed E-state index contributed by atoms with van der Waals surface area (Å²) in [7, 11) is 0. The number of rotatable bonds is 15. The Bertz CT molecular complexity index is 207. The molecule has 0 fully saturated rings. The van der Waals surface area contributed by atoms with E-state index in [4.69, 9.17) is 0 Å². The fourth-order valence-electron chi connectivity index (χ4n) is 2.52. The largest absolute Gasteiger partial charge is 2.00 e. The summed E-state index contributed by atoms with van der Waals surface area (Å²) < 4.78 is 0. The Morgan fingerprint density at radius 1 is 0.536 bits per heavy atom. The third kappa shape index (κ3) is 63.0. The van der Waals surface area contributed by atoms with Crippen LogP contribution in [0.15, 0.2) is 9.97 Å². The Morgan fingerprint density at radius 2 is 0.750 bits per heavy atom. The van der Waals surface area contributed by atoms with Crippen LogP contribution in [0.2, 0.25) is 0 Å². The number of unbranched alkanes of at least 4 members (excludes halogenated alkanes) is 15. The van der Waals surface area contributed by atoms with Gasteiger partial charge in [-0.2, -0.15) is 6.42 Å². The number of halogens is 3. The zero-order chi connectivity index (χ0) is 19.4. The van der Waals surface area contributed by atoms with Gasteiger partial charge in [0, 0.05) is 0 Å². The van der Waals surface area contributed by atoms with Crippen LogP contribution < -0.4 is 17.0 Å². The second-order valence-corrected chi connectivity index (χ2v) is 7.76. The Morgan fingerprint density at radius 3 is 0.929 bits per heavy atom. The van der Waals surface area contributed by atoms with Crippen LogP contribution in [0, 0.1) is 6.92 Å². The fraction of sp³-hybridized carbons (Fsp3) is 0.870. The molecule has 0 aromatic heterocycles. The molecule has 0 aromatic carbocycles. The minimum Gasteiger partial charge on any atom is -1.00 e. The first-order valence-electron chi connectivity index (χ1n) is 10.9. The summed E-state index contributed by atoms with van der Waals surface area (Å²) in [5.41, 5.74) is 0. The van der Waals surface area contributed by atoms with Gasteiger partial charge in [0.1, 0.15) is 0 Å². The first-order chi connectivity index (χ1) is 12.2. The fourth-order valence-corrected chi connectivity index (χ4v) is 2.52. The van der Waals surface area contributed by atoms with E-state index in [-0.39, 0.29) is 65.9 Å². The predicted octanol–water partition coefficient (Wildman–Crippen LogP) is 7.21. The van der Waals surface area contributed by atoms with Gasteiger partial charge in [0.05, 0.1) is 0 Å². The molecule has 0 rings (SSSR count). The molecule has 0 aliphatic rings. The predicted molar refractivity (Wildman–Crippen MR) is 142 cm³/mol. The average Bonchev–Trinajstić information content (AvgIpc) is 2.65. The second kappa shape index (κ2) is 52.0. The van der Waals surface area contributed by atoms with Crippen LogP contribution in [0.5, 0.6) is 0 Å². The van der Waals surface area contributed by atoms with Crippen molar-refractivity contribution < 1.29 is 19.8 Å². The van der Waals surface area contributed by atoms with E-state index in [0.29, 0.717) is 0 Å². The summed E-state index contributed by atoms with van der Waals surface area (Å²) in [5.74, 6) is 0. The van der Waals surface area contributed by atoms with Gasteiger partial charge in [-0.15, -0.1) is 0 Å². The third-order valence-electron chi connectivity index (χ3n) is 4.11. The maximum Gasteiger partial charge on any atom is 2.00 e. The summed E-state index contributed by atoms with van der Waals surface area (Å²) in [6.07, 6.45) is 23.9. The average molecular weight is 614 g/mol. The van der Waals surface area contributed by atoms with Gasteiger partial charge in [-0.25, -0.2) is 0 Å². The monoisotopic (exact) mass is 610 g/mol. The molecule has 0 heterocycles. The molecule has 5 heteroatoms. The molecule has 28 heavy (non-hydrogen) atoms. The van der Waals surface area contributed by atoms with E-state index in [9.17, 15) is 0 Å².